The van der Waals surface area contributed by atoms with Crippen molar-refractivity contribution in [1.29, 1.82) is 0 Å². The Labute approximate surface area is 120 Å². The van der Waals surface area contributed by atoms with Gasteiger partial charge in [-0.05, 0) is 35.9 Å². The normalized spacial score (nSPS) is 10.5. The van der Waals surface area contributed by atoms with Crippen LogP contribution in [0, 0.1) is 10.1 Å². The monoisotopic (exact) mass is 280 g/mol. The van der Waals surface area contributed by atoms with E-state index in [0.717, 1.165) is 5.56 Å². The van der Waals surface area contributed by atoms with Crippen LogP contribution in [0.5, 0.6) is 0 Å². The maximum atomic E-state index is 11.4. The Morgan fingerprint density at radius 1 is 1.14 bits per heavy atom. The molecule has 0 saturated heterocycles. The summed E-state index contributed by atoms with van der Waals surface area (Å²) in [6, 6.07) is 10.6. The van der Waals surface area contributed by atoms with Crippen molar-refractivity contribution in [3.63, 3.8) is 0 Å². The van der Waals surface area contributed by atoms with E-state index in [0.29, 0.717) is 23.1 Å². The summed E-state index contributed by atoms with van der Waals surface area (Å²) in [6.07, 6.45) is 5.03. The summed E-state index contributed by atoms with van der Waals surface area (Å²) in [7, 11) is 0. The van der Waals surface area contributed by atoms with E-state index >= 15 is 0 Å². The van der Waals surface area contributed by atoms with Crippen molar-refractivity contribution in [2.75, 3.05) is 5.32 Å². The molecule has 0 fully saturated rings. The lowest BCUT2D eigenvalue weighted by atomic mass is 10.1. The van der Waals surface area contributed by atoms with Crippen molar-refractivity contribution < 1.29 is 4.92 Å². The van der Waals surface area contributed by atoms with Gasteiger partial charge in [-0.25, -0.2) is 0 Å². The second-order valence-electron chi connectivity index (χ2n) is 4.50. The van der Waals surface area contributed by atoms with Gasteiger partial charge in [0.2, 0.25) is 0 Å². The Bertz CT molecular complexity index is 790. The summed E-state index contributed by atoms with van der Waals surface area (Å²) in [6.45, 7) is 0.473. The van der Waals surface area contributed by atoms with Crippen molar-refractivity contribution in [3.05, 3.63) is 70.7 Å². The maximum absolute atomic E-state index is 11.4. The maximum Gasteiger partial charge on any atom is 0.301 e. The Hall–Kier alpha value is -3.02. The number of aromatic nitrogens is 2. The molecular formula is C15H12N4O2. The van der Waals surface area contributed by atoms with Gasteiger partial charge in [0.15, 0.2) is 0 Å². The predicted octanol–water partition coefficient (Wildman–Crippen LogP) is 3.15. The van der Waals surface area contributed by atoms with Crippen LogP contribution in [0.4, 0.5) is 11.4 Å². The first-order valence-electron chi connectivity index (χ1n) is 6.40. The van der Waals surface area contributed by atoms with Crippen molar-refractivity contribution in [2.24, 2.45) is 0 Å². The molecule has 2 aromatic heterocycles. The first-order chi connectivity index (χ1) is 10.3. The molecule has 3 aromatic rings. The number of anilines is 1. The zero-order chi connectivity index (χ0) is 14.7. The first-order valence-corrected chi connectivity index (χ1v) is 6.40. The summed E-state index contributed by atoms with van der Waals surface area (Å²) < 4.78 is 0. The minimum Gasteiger partial charge on any atom is -0.375 e. The summed E-state index contributed by atoms with van der Waals surface area (Å²) >= 11 is 0. The highest BCUT2D eigenvalue weighted by molar-refractivity contribution is 5.94. The quantitative estimate of drug-likeness (QED) is 0.586. The molecule has 0 bridgehead atoms. The second kappa shape index (κ2) is 5.54. The van der Waals surface area contributed by atoms with Crippen molar-refractivity contribution in [2.45, 2.75) is 6.54 Å². The predicted molar refractivity (Wildman–Crippen MR) is 80.0 cm³/mol. The molecule has 0 radical (unpaired) electrons. The lowest BCUT2D eigenvalue weighted by molar-refractivity contribution is -0.382. The number of hydrogen-bond donors (Lipinski definition) is 1. The average Bonchev–Trinajstić information content (AvgIpc) is 2.53. The molecule has 21 heavy (non-hydrogen) atoms. The molecule has 2 heterocycles. The zero-order valence-corrected chi connectivity index (χ0v) is 11.1. The van der Waals surface area contributed by atoms with Gasteiger partial charge in [-0.1, -0.05) is 6.07 Å². The molecule has 0 unspecified atom stereocenters. The van der Waals surface area contributed by atoms with E-state index in [9.17, 15) is 10.1 Å². The largest absolute Gasteiger partial charge is 0.375 e. The molecule has 3 rings (SSSR count). The Kier molecular flexibility index (Phi) is 3.42. The number of nitro groups is 1. The Balaban J connectivity index is 1.98. The highest BCUT2D eigenvalue weighted by Crippen LogP contribution is 2.32. The summed E-state index contributed by atoms with van der Waals surface area (Å²) in [5, 5.41) is 15.0. The number of nitro benzene ring substituents is 1. The summed E-state index contributed by atoms with van der Waals surface area (Å²) in [4.78, 5) is 19.2. The van der Waals surface area contributed by atoms with E-state index in [4.69, 9.17) is 0 Å². The van der Waals surface area contributed by atoms with Crippen molar-refractivity contribution in [3.8, 4) is 0 Å². The molecule has 0 atom stereocenters. The van der Waals surface area contributed by atoms with E-state index in [1.54, 1.807) is 42.9 Å². The Morgan fingerprint density at radius 2 is 2.00 bits per heavy atom. The van der Waals surface area contributed by atoms with Gasteiger partial charge in [-0.2, -0.15) is 0 Å². The number of nitrogens with zero attached hydrogens (tertiary/aromatic N) is 3. The van der Waals surface area contributed by atoms with Crippen LogP contribution in [-0.4, -0.2) is 14.9 Å². The Morgan fingerprint density at radius 3 is 2.76 bits per heavy atom. The molecule has 0 aliphatic carbocycles. The molecule has 0 saturated carbocycles. The number of pyridine rings is 2. The van der Waals surface area contributed by atoms with Gasteiger partial charge in [0.05, 0.1) is 15.8 Å². The van der Waals surface area contributed by atoms with Gasteiger partial charge in [-0.3, -0.25) is 20.1 Å². The molecule has 0 aliphatic rings. The van der Waals surface area contributed by atoms with Gasteiger partial charge in [0.1, 0.15) is 5.69 Å². The van der Waals surface area contributed by atoms with Crippen LogP contribution in [0.2, 0.25) is 0 Å². The molecule has 0 amide bonds. The standard InChI is InChI=1S/C15H12N4O2/c20-19(21)15-12-4-2-8-17-13(12)5-6-14(15)18-10-11-3-1-7-16-9-11/h1-9,18H,10H2. The van der Waals surface area contributed by atoms with Crippen LogP contribution < -0.4 is 5.32 Å². The topological polar surface area (TPSA) is 81.0 Å². The van der Waals surface area contributed by atoms with Crippen LogP contribution in [0.25, 0.3) is 10.9 Å². The minimum atomic E-state index is -0.379. The third kappa shape index (κ3) is 2.64. The molecule has 1 N–H and O–H groups in total. The molecule has 0 aliphatic heterocycles. The van der Waals surface area contributed by atoms with Gasteiger partial charge in [0, 0.05) is 25.1 Å². The number of fused-ring (bicyclic) bond motifs is 1. The third-order valence-electron chi connectivity index (χ3n) is 3.14. The second-order valence-corrected chi connectivity index (χ2v) is 4.50. The van der Waals surface area contributed by atoms with Crippen molar-refractivity contribution in [1.82, 2.24) is 9.97 Å². The highest BCUT2D eigenvalue weighted by Gasteiger charge is 2.18. The number of rotatable bonds is 4. The number of benzene rings is 1. The SMILES string of the molecule is O=[N+]([O-])c1c(NCc2cccnc2)ccc2ncccc12. The van der Waals surface area contributed by atoms with Gasteiger partial charge >= 0.3 is 5.69 Å². The summed E-state index contributed by atoms with van der Waals surface area (Å²) in [5.74, 6) is 0. The smallest absolute Gasteiger partial charge is 0.301 e. The molecule has 6 nitrogen and oxygen atoms in total. The summed E-state index contributed by atoms with van der Waals surface area (Å²) in [5.41, 5.74) is 2.09. The van der Waals surface area contributed by atoms with Crippen LogP contribution in [0.3, 0.4) is 0 Å². The fraction of sp³-hybridized carbons (Fsp3) is 0.0667. The van der Waals surface area contributed by atoms with Gasteiger partial charge < -0.3 is 5.32 Å². The fourth-order valence-corrected chi connectivity index (χ4v) is 2.18. The van der Waals surface area contributed by atoms with Crippen LogP contribution in [-0.2, 0) is 6.54 Å². The van der Waals surface area contributed by atoms with Crippen LogP contribution in [0.1, 0.15) is 5.56 Å². The first kappa shape index (κ1) is 13.0. The van der Waals surface area contributed by atoms with Crippen molar-refractivity contribution >= 4 is 22.3 Å². The highest BCUT2D eigenvalue weighted by atomic mass is 16.6. The van der Waals surface area contributed by atoms with E-state index in [1.165, 1.54) is 0 Å². The van der Waals surface area contributed by atoms with Gasteiger partial charge in [0.25, 0.3) is 0 Å². The van der Waals surface area contributed by atoms with E-state index in [2.05, 4.69) is 15.3 Å². The lowest BCUT2D eigenvalue weighted by Crippen LogP contribution is -2.03. The third-order valence-corrected chi connectivity index (χ3v) is 3.14. The van der Waals surface area contributed by atoms with E-state index < -0.39 is 0 Å². The molecular weight excluding hydrogens is 268 g/mol. The lowest BCUT2D eigenvalue weighted by Gasteiger charge is -2.08. The molecule has 1 aromatic carbocycles. The molecule has 104 valence electrons. The molecule has 0 spiro atoms. The minimum absolute atomic E-state index is 0.0458. The molecule has 6 heteroatoms. The fourth-order valence-electron chi connectivity index (χ4n) is 2.18. The zero-order valence-electron chi connectivity index (χ0n) is 11.1. The van der Waals surface area contributed by atoms with E-state index in [1.807, 2.05) is 12.1 Å². The van der Waals surface area contributed by atoms with Crippen LogP contribution >= 0.6 is 0 Å². The average molecular weight is 280 g/mol. The number of nitrogens with one attached hydrogen (secondary N) is 1. The van der Waals surface area contributed by atoms with Crippen LogP contribution in [0.15, 0.2) is 55.0 Å². The van der Waals surface area contributed by atoms with E-state index in [-0.39, 0.29) is 10.6 Å². The van der Waals surface area contributed by atoms with Gasteiger partial charge in [-0.15, -0.1) is 0 Å². The number of hydrogen-bond acceptors (Lipinski definition) is 5.